The van der Waals surface area contributed by atoms with Gasteiger partial charge >= 0.3 is 21.1 Å². The molecule has 0 unspecified atom stereocenters. The first-order chi connectivity index (χ1) is 24.3. The number of nitrogens with zero attached hydrogens (tertiary/aromatic N) is 4. The molecule has 4 aromatic carbocycles. The van der Waals surface area contributed by atoms with Crippen molar-refractivity contribution in [3.63, 3.8) is 0 Å². The number of aromatic nitrogens is 4. The van der Waals surface area contributed by atoms with E-state index in [1.165, 1.54) is 33.4 Å². The first kappa shape index (κ1) is 37.3. The molecule has 0 fully saturated rings. The fourth-order valence-corrected chi connectivity index (χ4v) is 7.64. The minimum atomic E-state index is -0.197. The summed E-state index contributed by atoms with van der Waals surface area (Å²) in [7, 11) is 0. The van der Waals surface area contributed by atoms with Gasteiger partial charge in [0.2, 0.25) is 0 Å². The minimum Gasteiger partial charge on any atom is -0.509 e. The molecule has 7 aromatic rings. The predicted molar refractivity (Wildman–Crippen MR) is 211 cm³/mol. The van der Waals surface area contributed by atoms with Crippen LogP contribution in [0.15, 0.2) is 79.0 Å². The summed E-state index contributed by atoms with van der Waals surface area (Å²) in [6, 6.07) is 33.0. The SMILES string of the molecule is CCCc1ccnc(-n2c3[c-]c(Oc4[c-]c(-n5nc(C)c(-c6c(C)cc(C)cc6C)c5C(C)(C)C)cc(C(C)C)c4)ccc3c3ccccc32)c1.[Pt+2]. The van der Waals surface area contributed by atoms with Gasteiger partial charge in [0, 0.05) is 34.2 Å². The molecule has 0 aliphatic rings. The van der Waals surface area contributed by atoms with E-state index in [9.17, 15) is 0 Å². The molecule has 0 saturated heterocycles. The van der Waals surface area contributed by atoms with Crippen LogP contribution < -0.4 is 4.74 Å². The molecule has 0 aliphatic carbocycles. The molecule has 0 atom stereocenters. The van der Waals surface area contributed by atoms with Gasteiger partial charge in [-0.15, -0.1) is 41.3 Å². The third-order valence-electron chi connectivity index (χ3n) is 9.80. The maximum absolute atomic E-state index is 6.70. The molecule has 52 heavy (non-hydrogen) atoms. The summed E-state index contributed by atoms with van der Waals surface area (Å²) in [5.41, 5.74) is 13.5. The first-order valence-corrected chi connectivity index (χ1v) is 18.2. The zero-order valence-electron chi connectivity index (χ0n) is 32.0. The van der Waals surface area contributed by atoms with E-state index >= 15 is 0 Å². The minimum absolute atomic E-state index is 0. The van der Waals surface area contributed by atoms with Crippen molar-refractivity contribution >= 4 is 21.8 Å². The number of fused-ring (bicyclic) bond motifs is 3. The topological polar surface area (TPSA) is 44.9 Å². The van der Waals surface area contributed by atoms with Crippen LogP contribution in [0.5, 0.6) is 11.5 Å². The summed E-state index contributed by atoms with van der Waals surface area (Å²) in [6.45, 7) is 22.1. The number of para-hydroxylation sites is 1. The first-order valence-electron chi connectivity index (χ1n) is 18.2. The van der Waals surface area contributed by atoms with Gasteiger partial charge in [0.25, 0.3) is 0 Å². The third-order valence-corrected chi connectivity index (χ3v) is 9.80. The average Bonchev–Trinajstić information content (AvgIpc) is 3.59. The van der Waals surface area contributed by atoms with Crippen LogP contribution in [-0.4, -0.2) is 19.3 Å². The van der Waals surface area contributed by atoms with Crippen LogP contribution >= 0.6 is 0 Å². The van der Waals surface area contributed by atoms with Gasteiger partial charge in [-0.05, 0) is 91.6 Å². The van der Waals surface area contributed by atoms with Crippen LogP contribution in [0.1, 0.15) is 93.1 Å². The Balaban J connectivity index is 0.00000464. The molecule has 268 valence electrons. The smallest absolute Gasteiger partial charge is 0.509 e. The van der Waals surface area contributed by atoms with E-state index in [2.05, 4.69) is 157 Å². The van der Waals surface area contributed by atoms with E-state index in [-0.39, 0.29) is 32.4 Å². The van der Waals surface area contributed by atoms with Gasteiger partial charge in [-0.2, -0.15) is 11.2 Å². The number of aryl methyl sites for hydroxylation is 5. The van der Waals surface area contributed by atoms with Gasteiger partial charge in [0.1, 0.15) is 5.82 Å². The second-order valence-corrected chi connectivity index (χ2v) is 15.4. The Morgan fingerprint density at radius 1 is 0.808 bits per heavy atom. The zero-order valence-corrected chi connectivity index (χ0v) is 34.3. The van der Waals surface area contributed by atoms with Crippen LogP contribution in [0, 0.1) is 39.8 Å². The van der Waals surface area contributed by atoms with Crippen molar-refractivity contribution in [2.24, 2.45) is 0 Å². The summed E-state index contributed by atoms with van der Waals surface area (Å²) < 4.78 is 11.0. The Morgan fingerprint density at radius 2 is 1.54 bits per heavy atom. The van der Waals surface area contributed by atoms with E-state index < -0.39 is 0 Å². The molecule has 0 saturated carbocycles. The van der Waals surface area contributed by atoms with Crippen LogP contribution in [0.2, 0.25) is 0 Å². The number of pyridine rings is 1. The van der Waals surface area contributed by atoms with Crippen molar-refractivity contribution in [2.45, 2.75) is 93.4 Å². The normalized spacial score (nSPS) is 11.8. The summed E-state index contributed by atoms with van der Waals surface area (Å²) in [6.07, 6.45) is 4.00. The van der Waals surface area contributed by atoms with Crippen LogP contribution in [0.3, 0.4) is 0 Å². The molecule has 0 aliphatic heterocycles. The summed E-state index contributed by atoms with van der Waals surface area (Å²) in [5.74, 6) is 2.41. The van der Waals surface area contributed by atoms with Crippen molar-refractivity contribution < 1.29 is 25.8 Å². The second-order valence-electron chi connectivity index (χ2n) is 15.4. The number of rotatable bonds is 8. The summed E-state index contributed by atoms with van der Waals surface area (Å²) >= 11 is 0. The average molecular weight is 868 g/mol. The van der Waals surface area contributed by atoms with Gasteiger partial charge in [0.05, 0.1) is 11.4 Å². The summed E-state index contributed by atoms with van der Waals surface area (Å²) in [5, 5.41) is 7.49. The largest absolute Gasteiger partial charge is 2.00 e. The fraction of sp³-hybridized carbons (Fsp3) is 0.304. The van der Waals surface area contributed by atoms with E-state index in [4.69, 9.17) is 14.8 Å². The third kappa shape index (κ3) is 6.88. The van der Waals surface area contributed by atoms with Crippen LogP contribution in [-0.2, 0) is 32.9 Å². The molecule has 0 amide bonds. The van der Waals surface area contributed by atoms with Crippen molar-refractivity contribution in [1.29, 1.82) is 0 Å². The van der Waals surface area contributed by atoms with E-state index in [0.29, 0.717) is 11.5 Å². The van der Waals surface area contributed by atoms with Crippen molar-refractivity contribution in [1.82, 2.24) is 19.3 Å². The Labute approximate surface area is 323 Å². The number of benzene rings is 4. The van der Waals surface area contributed by atoms with Crippen molar-refractivity contribution in [2.75, 3.05) is 0 Å². The Hall–Kier alpha value is -4.47. The van der Waals surface area contributed by atoms with Crippen LogP contribution in [0.25, 0.3) is 44.4 Å². The van der Waals surface area contributed by atoms with Gasteiger partial charge < -0.3 is 9.30 Å². The number of hydrogen-bond donors (Lipinski definition) is 0. The van der Waals surface area contributed by atoms with E-state index in [1.54, 1.807) is 0 Å². The molecule has 3 aromatic heterocycles. The molecule has 3 heterocycles. The van der Waals surface area contributed by atoms with Crippen LogP contribution in [0.4, 0.5) is 0 Å². The van der Waals surface area contributed by atoms with Gasteiger partial charge in [-0.1, -0.05) is 89.4 Å². The second kappa shape index (κ2) is 14.5. The summed E-state index contributed by atoms with van der Waals surface area (Å²) in [4.78, 5) is 4.81. The van der Waals surface area contributed by atoms with Gasteiger partial charge in [-0.25, -0.2) is 4.98 Å². The molecule has 0 bridgehead atoms. The zero-order chi connectivity index (χ0) is 36.2. The van der Waals surface area contributed by atoms with E-state index in [0.717, 1.165) is 63.1 Å². The fourth-order valence-electron chi connectivity index (χ4n) is 7.64. The van der Waals surface area contributed by atoms with E-state index in [1.807, 2.05) is 12.3 Å². The van der Waals surface area contributed by atoms with Crippen molar-refractivity contribution in [3.8, 4) is 34.1 Å². The maximum Gasteiger partial charge on any atom is 2.00 e. The van der Waals surface area contributed by atoms with Gasteiger partial charge in [0.15, 0.2) is 0 Å². The molecule has 6 heteroatoms. The molecule has 7 rings (SSSR count). The maximum atomic E-state index is 6.70. The molecular formula is C46H48N4OPt. The van der Waals surface area contributed by atoms with Crippen molar-refractivity contribution in [3.05, 3.63) is 130 Å². The Bertz CT molecular complexity index is 2400. The predicted octanol–water partition coefficient (Wildman–Crippen LogP) is 12.0. The molecule has 0 spiro atoms. The quantitative estimate of drug-likeness (QED) is 0.143. The number of hydrogen-bond acceptors (Lipinski definition) is 3. The Kier molecular flexibility index (Phi) is 10.4. The molecule has 0 radical (unpaired) electrons. The standard InChI is InChI=1S/C46H48N4O.Pt/c1-11-14-33-19-20-47-42(23-33)49-40-16-13-12-15-38(40)39-18-17-36(27-41(39)49)51-37-25-34(28(2)3)24-35(26-37)50-45(46(8,9)10)44(32(7)48-50)43-30(5)21-29(4)22-31(43)6;/h12-13,15-25,28H,11,14H2,1-10H3;/q-2;+2. The van der Waals surface area contributed by atoms with Gasteiger partial charge in [-0.3, -0.25) is 4.68 Å². The monoisotopic (exact) mass is 867 g/mol. The number of ether oxygens (including phenoxy) is 1. The molecule has 0 N–H and O–H groups in total. The molecule has 5 nitrogen and oxygen atoms in total. The molecular weight excluding hydrogens is 820 g/mol. The Morgan fingerprint density at radius 3 is 2.23 bits per heavy atom.